The van der Waals surface area contributed by atoms with Crippen LogP contribution < -0.4 is 4.74 Å². The molecular weight excluding hydrogens is 343 g/mol. The monoisotopic (exact) mass is 356 g/mol. The summed E-state index contributed by atoms with van der Waals surface area (Å²) in [6.45, 7) is 4.47. The van der Waals surface area contributed by atoms with Gasteiger partial charge in [0.1, 0.15) is 11.6 Å². The number of rotatable bonds is 4. The van der Waals surface area contributed by atoms with Crippen LogP contribution in [0.25, 0.3) is 0 Å². The van der Waals surface area contributed by atoms with Gasteiger partial charge in [-0.25, -0.2) is 4.39 Å². The molecule has 0 bridgehead atoms. The smallest absolute Gasteiger partial charge is 0.124 e. The van der Waals surface area contributed by atoms with Crippen molar-refractivity contribution in [3.05, 3.63) is 63.4 Å². The zero-order valence-corrected chi connectivity index (χ0v) is 13.6. The van der Waals surface area contributed by atoms with E-state index in [4.69, 9.17) is 16.3 Å². The van der Waals surface area contributed by atoms with E-state index in [0.717, 1.165) is 21.3 Å². The molecule has 0 aliphatic carbocycles. The summed E-state index contributed by atoms with van der Waals surface area (Å²) in [5, 5.41) is -0.471. The molecule has 0 amide bonds. The third kappa shape index (κ3) is 3.33. The van der Waals surface area contributed by atoms with Crippen LogP contribution in [-0.4, -0.2) is 6.61 Å². The fraction of sp³-hybridized carbons (Fsp3) is 0.250. The van der Waals surface area contributed by atoms with Crippen molar-refractivity contribution in [2.75, 3.05) is 6.61 Å². The summed E-state index contributed by atoms with van der Waals surface area (Å²) in [6.07, 6.45) is 0. The number of ether oxygens (including phenoxy) is 1. The van der Waals surface area contributed by atoms with E-state index in [9.17, 15) is 4.39 Å². The topological polar surface area (TPSA) is 9.23 Å². The summed E-state index contributed by atoms with van der Waals surface area (Å²) >= 11 is 9.96. The van der Waals surface area contributed by atoms with Crippen molar-refractivity contribution in [2.45, 2.75) is 19.2 Å². The number of hydrogen-bond donors (Lipinski definition) is 0. The second-order valence-electron chi connectivity index (χ2n) is 4.50. The number of aryl methyl sites for hydroxylation is 1. The molecule has 2 rings (SSSR count). The van der Waals surface area contributed by atoms with Gasteiger partial charge in [0.2, 0.25) is 0 Å². The van der Waals surface area contributed by atoms with Gasteiger partial charge in [-0.3, -0.25) is 0 Å². The molecule has 0 fully saturated rings. The summed E-state index contributed by atoms with van der Waals surface area (Å²) < 4.78 is 19.8. The highest BCUT2D eigenvalue weighted by Crippen LogP contribution is 2.39. The summed E-state index contributed by atoms with van der Waals surface area (Å²) in [5.41, 5.74) is 2.62. The van der Waals surface area contributed by atoms with Gasteiger partial charge in [-0.15, -0.1) is 11.6 Å². The Hall–Kier alpha value is -1.06. The van der Waals surface area contributed by atoms with Gasteiger partial charge in [0.25, 0.3) is 0 Å². The van der Waals surface area contributed by atoms with Crippen molar-refractivity contribution in [1.82, 2.24) is 0 Å². The van der Waals surface area contributed by atoms with Crippen LogP contribution in [0.5, 0.6) is 5.75 Å². The lowest BCUT2D eigenvalue weighted by atomic mass is 10.0. The van der Waals surface area contributed by atoms with Crippen LogP contribution in [0.15, 0.2) is 40.9 Å². The van der Waals surface area contributed by atoms with E-state index in [2.05, 4.69) is 15.9 Å². The highest BCUT2D eigenvalue weighted by Gasteiger charge is 2.19. The maximum absolute atomic E-state index is 13.4. The summed E-state index contributed by atoms with van der Waals surface area (Å²) in [7, 11) is 0. The Kier molecular flexibility index (Phi) is 5.06. The van der Waals surface area contributed by atoms with Gasteiger partial charge in [0.05, 0.1) is 12.0 Å². The normalized spacial score (nSPS) is 12.2. The Balaban J connectivity index is 2.49. The molecule has 1 nitrogen and oxygen atoms in total. The average Bonchev–Trinajstić information content (AvgIpc) is 2.43. The number of alkyl halides is 1. The molecule has 1 atom stereocenters. The minimum absolute atomic E-state index is 0.306. The molecule has 0 radical (unpaired) electrons. The van der Waals surface area contributed by atoms with Crippen LogP contribution >= 0.6 is 27.5 Å². The van der Waals surface area contributed by atoms with Gasteiger partial charge in [0.15, 0.2) is 0 Å². The van der Waals surface area contributed by atoms with Gasteiger partial charge in [-0.1, -0.05) is 33.6 Å². The lowest BCUT2D eigenvalue weighted by Gasteiger charge is -2.17. The Morgan fingerprint density at radius 1 is 1.20 bits per heavy atom. The largest absolute Gasteiger partial charge is 0.494 e. The molecule has 0 aliphatic heterocycles. The summed E-state index contributed by atoms with van der Waals surface area (Å²) in [6, 6.07) is 10.3. The molecule has 1 unspecified atom stereocenters. The van der Waals surface area contributed by atoms with Crippen LogP contribution in [0, 0.1) is 12.7 Å². The first kappa shape index (κ1) is 15.3. The molecule has 0 aromatic heterocycles. The van der Waals surface area contributed by atoms with Gasteiger partial charge in [0, 0.05) is 10.0 Å². The second kappa shape index (κ2) is 6.59. The van der Waals surface area contributed by atoms with E-state index < -0.39 is 5.38 Å². The van der Waals surface area contributed by atoms with Crippen LogP contribution in [0.2, 0.25) is 0 Å². The first-order valence-electron chi connectivity index (χ1n) is 6.35. The fourth-order valence-corrected chi connectivity index (χ4v) is 2.99. The van der Waals surface area contributed by atoms with Crippen molar-refractivity contribution in [3.8, 4) is 5.75 Å². The standard InChI is InChI=1S/C16H15BrClFO/c1-3-20-15-7-4-10(2)8-13(15)16(18)12-9-11(19)5-6-14(12)17/h4-9,16H,3H2,1-2H3. The molecule has 2 aromatic carbocycles. The van der Waals surface area contributed by atoms with E-state index >= 15 is 0 Å². The minimum Gasteiger partial charge on any atom is -0.494 e. The molecule has 0 N–H and O–H groups in total. The molecule has 0 aliphatic rings. The van der Waals surface area contributed by atoms with Crippen molar-refractivity contribution >= 4 is 27.5 Å². The highest BCUT2D eigenvalue weighted by molar-refractivity contribution is 9.10. The Bertz CT molecular complexity index is 615. The van der Waals surface area contributed by atoms with E-state index in [-0.39, 0.29) is 5.82 Å². The van der Waals surface area contributed by atoms with Crippen molar-refractivity contribution in [2.24, 2.45) is 0 Å². The van der Waals surface area contributed by atoms with Crippen LogP contribution in [0.4, 0.5) is 4.39 Å². The van der Waals surface area contributed by atoms with Crippen molar-refractivity contribution < 1.29 is 9.13 Å². The summed E-state index contributed by atoms with van der Waals surface area (Å²) in [4.78, 5) is 0. The predicted molar refractivity (Wildman–Crippen MR) is 84.1 cm³/mol. The first-order valence-corrected chi connectivity index (χ1v) is 7.58. The van der Waals surface area contributed by atoms with Crippen molar-refractivity contribution in [1.29, 1.82) is 0 Å². The average molecular weight is 358 g/mol. The van der Waals surface area contributed by atoms with Gasteiger partial charge in [-0.2, -0.15) is 0 Å². The Morgan fingerprint density at radius 2 is 1.95 bits per heavy atom. The lowest BCUT2D eigenvalue weighted by molar-refractivity contribution is 0.336. The van der Waals surface area contributed by atoms with Crippen molar-refractivity contribution in [3.63, 3.8) is 0 Å². The maximum atomic E-state index is 13.4. The third-order valence-corrected chi connectivity index (χ3v) is 4.16. The minimum atomic E-state index is -0.471. The lowest BCUT2D eigenvalue weighted by Crippen LogP contribution is -2.02. The molecule has 2 aromatic rings. The Labute approximate surface area is 131 Å². The summed E-state index contributed by atoms with van der Waals surface area (Å²) in [5.74, 6) is 0.425. The maximum Gasteiger partial charge on any atom is 0.124 e. The molecule has 0 spiro atoms. The molecule has 106 valence electrons. The molecule has 0 saturated carbocycles. The van der Waals surface area contributed by atoms with Crippen LogP contribution in [0.1, 0.15) is 29.0 Å². The predicted octanol–water partition coefficient (Wildman–Crippen LogP) is 5.62. The number of halogens is 3. The number of hydrogen-bond acceptors (Lipinski definition) is 1. The highest BCUT2D eigenvalue weighted by atomic mass is 79.9. The Morgan fingerprint density at radius 3 is 2.65 bits per heavy atom. The van der Waals surface area contributed by atoms with Gasteiger partial charge >= 0.3 is 0 Å². The third-order valence-electron chi connectivity index (χ3n) is 2.97. The first-order chi connectivity index (χ1) is 9.52. The van der Waals surface area contributed by atoms with E-state index in [1.165, 1.54) is 12.1 Å². The molecule has 4 heteroatoms. The van der Waals surface area contributed by atoms with E-state index in [1.807, 2.05) is 32.0 Å². The van der Waals surface area contributed by atoms with E-state index in [0.29, 0.717) is 12.2 Å². The van der Waals surface area contributed by atoms with Crippen LogP contribution in [-0.2, 0) is 0 Å². The zero-order chi connectivity index (χ0) is 14.7. The fourth-order valence-electron chi connectivity index (χ4n) is 2.03. The molecule has 20 heavy (non-hydrogen) atoms. The van der Waals surface area contributed by atoms with Crippen LogP contribution in [0.3, 0.4) is 0 Å². The van der Waals surface area contributed by atoms with Gasteiger partial charge in [-0.05, 0) is 43.7 Å². The zero-order valence-electron chi connectivity index (χ0n) is 11.3. The van der Waals surface area contributed by atoms with Gasteiger partial charge < -0.3 is 4.74 Å². The SMILES string of the molecule is CCOc1ccc(C)cc1C(Cl)c1cc(F)ccc1Br. The van der Waals surface area contributed by atoms with E-state index in [1.54, 1.807) is 6.07 Å². The molecule has 0 heterocycles. The number of benzene rings is 2. The second-order valence-corrected chi connectivity index (χ2v) is 5.79. The quantitative estimate of drug-likeness (QED) is 0.645. The molecule has 0 saturated heterocycles. The molecular formula is C16H15BrClFO.